The lowest BCUT2D eigenvalue weighted by Gasteiger charge is -2.10. The maximum absolute atomic E-state index is 11.7. The van der Waals surface area contributed by atoms with Crippen LogP contribution < -0.4 is 0 Å². The Kier molecular flexibility index (Phi) is 8.63. The van der Waals surface area contributed by atoms with Gasteiger partial charge in [0.1, 0.15) is 0 Å². The van der Waals surface area contributed by atoms with E-state index in [1.807, 2.05) is 30.3 Å². The molecule has 0 fully saturated rings. The Balaban J connectivity index is 2.36. The SMILES string of the molecule is CCOC(=O)/C=C/C(=O)OC(C)C(=O)OC(=O)CCc1ccccc1. The maximum atomic E-state index is 11.7. The zero-order valence-corrected chi connectivity index (χ0v) is 14.1. The van der Waals surface area contributed by atoms with Gasteiger partial charge in [0.25, 0.3) is 0 Å². The number of hydrogen-bond donors (Lipinski definition) is 0. The van der Waals surface area contributed by atoms with Gasteiger partial charge in [-0.25, -0.2) is 14.4 Å². The predicted octanol–water partition coefficient (Wildman–Crippen LogP) is 1.74. The van der Waals surface area contributed by atoms with Gasteiger partial charge in [0, 0.05) is 12.2 Å². The molecule has 0 aliphatic rings. The summed E-state index contributed by atoms with van der Waals surface area (Å²) in [5, 5.41) is 0. The van der Waals surface area contributed by atoms with E-state index in [0.29, 0.717) is 6.42 Å². The topological polar surface area (TPSA) is 96.0 Å². The van der Waals surface area contributed by atoms with E-state index in [9.17, 15) is 19.2 Å². The van der Waals surface area contributed by atoms with Gasteiger partial charge in [0.15, 0.2) is 6.10 Å². The van der Waals surface area contributed by atoms with Crippen LogP contribution in [0.15, 0.2) is 42.5 Å². The third-order valence-electron chi connectivity index (χ3n) is 2.94. The number of carbonyl (C=O) groups is 4. The standard InChI is InChI=1S/C18H20O7/c1-3-23-15(19)11-12-16(20)24-13(2)18(22)25-17(21)10-9-14-7-5-4-6-8-14/h4-8,11-13H,3,9-10H2,1-2H3/b12-11+. The highest BCUT2D eigenvalue weighted by Gasteiger charge is 2.21. The van der Waals surface area contributed by atoms with Crippen LogP contribution in [0, 0.1) is 0 Å². The first-order chi connectivity index (χ1) is 11.9. The molecule has 0 spiro atoms. The Labute approximate surface area is 145 Å². The Morgan fingerprint density at radius 1 is 1.04 bits per heavy atom. The average Bonchev–Trinajstić information content (AvgIpc) is 2.59. The first-order valence-electron chi connectivity index (χ1n) is 7.76. The molecule has 0 aliphatic carbocycles. The highest BCUT2D eigenvalue weighted by atomic mass is 16.6. The fourth-order valence-electron chi connectivity index (χ4n) is 1.73. The number of carbonyl (C=O) groups excluding carboxylic acids is 4. The molecule has 0 aliphatic heterocycles. The fraction of sp³-hybridized carbons (Fsp3) is 0.333. The second-order valence-electron chi connectivity index (χ2n) is 4.94. The van der Waals surface area contributed by atoms with E-state index in [4.69, 9.17) is 4.74 Å². The Morgan fingerprint density at radius 2 is 1.68 bits per heavy atom. The molecule has 1 aromatic carbocycles. The monoisotopic (exact) mass is 348 g/mol. The molecule has 0 radical (unpaired) electrons. The Hall–Kier alpha value is -2.96. The van der Waals surface area contributed by atoms with Crippen molar-refractivity contribution >= 4 is 23.9 Å². The minimum atomic E-state index is -1.28. The van der Waals surface area contributed by atoms with Crippen molar-refractivity contribution in [3.63, 3.8) is 0 Å². The number of rotatable bonds is 8. The van der Waals surface area contributed by atoms with E-state index >= 15 is 0 Å². The summed E-state index contributed by atoms with van der Waals surface area (Å²) in [5.74, 6) is -3.31. The van der Waals surface area contributed by atoms with Gasteiger partial charge in [0.05, 0.1) is 13.0 Å². The number of ether oxygens (including phenoxy) is 3. The van der Waals surface area contributed by atoms with Crippen molar-refractivity contribution in [1.82, 2.24) is 0 Å². The summed E-state index contributed by atoms with van der Waals surface area (Å²) in [6.45, 7) is 3.06. The molecule has 1 unspecified atom stereocenters. The van der Waals surface area contributed by atoms with Gasteiger partial charge in [-0.3, -0.25) is 4.79 Å². The minimum absolute atomic E-state index is 0.0270. The molecular weight excluding hydrogens is 328 g/mol. The van der Waals surface area contributed by atoms with E-state index < -0.39 is 30.0 Å². The smallest absolute Gasteiger partial charge is 0.354 e. The van der Waals surface area contributed by atoms with Crippen LogP contribution in [0.25, 0.3) is 0 Å². The van der Waals surface area contributed by atoms with Crippen molar-refractivity contribution in [2.45, 2.75) is 32.8 Å². The summed E-state index contributed by atoms with van der Waals surface area (Å²) in [5.41, 5.74) is 0.940. The summed E-state index contributed by atoms with van der Waals surface area (Å²) in [7, 11) is 0. The van der Waals surface area contributed by atoms with E-state index in [1.54, 1.807) is 6.92 Å². The van der Waals surface area contributed by atoms with Gasteiger partial charge >= 0.3 is 23.9 Å². The first-order valence-corrected chi connectivity index (χ1v) is 7.76. The van der Waals surface area contributed by atoms with Crippen LogP contribution >= 0.6 is 0 Å². The molecule has 0 N–H and O–H groups in total. The quantitative estimate of drug-likeness (QED) is 0.305. The molecule has 25 heavy (non-hydrogen) atoms. The third kappa shape index (κ3) is 8.45. The van der Waals surface area contributed by atoms with Crippen molar-refractivity contribution in [2.75, 3.05) is 6.61 Å². The lowest BCUT2D eigenvalue weighted by Crippen LogP contribution is -2.28. The molecule has 0 aromatic heterocycles. The highest BCUT2D eigenvalue weighted by Crippen LogP contribution is 2.05. The molecule has 0 bridgehead atoms. The third-order valence-corrected chi connectivity index (χ3v) is 2.94. The molecule has 0 saturated heterocycles. The van der Waals surface area contributed by atoms with Crippen LogP contribution in [0.2, 0.25) is 0 Å². The second kappa shape index (κ2) is 10.7. The lowest BCUT2D eigenvalue weighted by atomic mass is 10.1. The number of hydrogen-bond acceptors (Lipinski definition) is 7. The minimum Gasteiger partial charge on any atom is -0.463 e. The zero-order valence-electron chi connectivity index (χ0n) is 14.1. The van der Waals surface area contributed by atoms with Gasteiger partial charge in [-0.15, -0.1) is 0 Å². The first kappa shape index (κ1) is 20.1. The zero-order chi connectivity index (χ0) is 18.7. The summed E-state index contributed by atoms with van der Waals surface area (Å²) >= 11 is 0. The van der Waals surface area contributed by atoms with Gasteiger partial charge in [-0.05, 0) is 25.8 Å². The number of benzene rings is 1. The van der Waals surface area contributed by atoms with Gasteiger partial charge in [-0.1, -0.05) is 30.3 Å². The molecule has 134 valence electrons. The second-order valence-corrected chi connectivity index (χ2v) is 4.94. The molecule has 7 nitrogen and oxygen atoms in total. The summed E-state index contributed by atoms with van der Waals surface area (Å²) in [6.07, 6.45) is 0.899. The van der Waals surface area contributed by atoms with Gasteiger partial charge in [0.2, 0.25) is 0 Å². The molecule has 1 aromatic rings. The van der Waals surface area contributed by atoms with Crippen LogP contribution in [0.4, 0.5) is 0 Å². The lowest BCUT2D eigenvalue weighted by molar-refractivity contribution is -0.171. The van der Waals surface area contributed by atoms with E-state index in [2.05, 4.69) is 9.47 Å². The molecular formula is C18H20O7. The molecule has 7 heteroatoms. The van der Waals surface area contributed by atoms with Crippen LogP contribution in [0.1, 0.15) is 25.8 Å². The van der Waals surface area contributed by atoms with Crippen LogP contribution in [0.3, 0.4) is 0 Å². The van der Waals surface area contributed by atoms with Crippen LogP contribution in [-0.4, -0.2) is 36.6 Å². The molecule has 0 saturated carbocycles. The van der Waals surface area contributed by atoms with Crippen molar-refractivity contribution in [3.05, 3.63) is 48.0 Å². The molecule has 0 heterocycles. The summed E-state index contributed by atoms with van der Waals surface area (Å²) in [4.78, 5) is 45.9. The predicted molar refractivity (Wildman–Crippen MR) is 87.2 cm³/mol. The Morgan fingerprint density at radius 3 is 2.32 bits per heavy atom. The van der Waals surface area contributed by atoms with Gasteiger partial charge in [-0.2, -0.15) is 0 Å². The van der Waals surface area contributed by atoms with E-state index in [1.165, 1.54) is 6.92 Å². The molecule has 1 atom stereocenters. The number of esters is 4. The fourth-order valence-corrected chi connectivity index (χ4v) is 1.73. The molecule has 1 rings (SSSR count). The maximum Gasteiger partial charge on any atom is 0.354 e. The highest BCUT2D eigenvalue weighted by molar-refractivity contribution is 5.93. The van der Waals surface area contributed by atoms with Crippen molar-refractivity contribution in [3.8, 4) is 0 Å². The molecule has 0 amide bonds. The summed E-state index contributed by atoms with van der Waals surface area (Å²) < 4.78 is 14.0. The van der Waals surface area contributed by atoms with Crippen molar-refractivity contribution < 1.29 is 33.4 Å². The largest absolute Gasteiger partial charge is 0.463 e. The van der Waals surface area contributed by atoms with E-state index in [0.717, 1.165) is 17.7 Å². The van der Waals surface area contributed by atoms with Crippen LogP contribution in [0.5, 0.6) is 0 Å². The average molecular weight is 348 g/mol. The van der Waals surface area contributed by atoms with Crippen molar-refractivity contribution in [1.29, 1.82) is 0 Å². The number of aryl methyl sites for hydroxylation is 1. The van der Waals surface area contributed by atoms with Gasteiger partial charge < -0.3 is 14.2 Å². The Bertz CT molecular complexity index is 634. The van der Waals surface area contributed by atoms with E-state index in [-0.39, 0.29) is 13.0 Å². The van der Waals surface area contributed by atoms with Crippen LogP contribution in [-0.2, 0) is 39.8 Å². The normalized spacial score (nSPS) is 11.6. The van der Waals surface area contributed by atoms with Crippen molar-refractivity contribution in [2.24, 2.45) is 0 Å². The summed E-state index contributed by atoms with van der Waals surface area (Å²) in [6, 6.07) is 9.26.